The highest BCUT2D eigenvalue weighted by atomic mass is 19.1. The van der Waals surface area contributed by atoms with Crippen molar-refractivity contribution < 1.29 is 13.6 Å². The summed E-state index contributed by atoms with van der Waals surface area (Å²) < 4.78 is 25.8. The van der Waals surface area contributed by atoms with E-state index in [0.29, 0.717) is 13.0 Å². The molecule has 0 aliphatic carbocycles. The fourth-order valence-electron chi connectivity index (χ4n) is 1.65. The second kappa shape index (κ2) is 3.58. The number of carbonyl (C=O) groups is 1. The van der Waals surface area contributed by atoms with Crippen LogP contribution in [0.15, 0.2) is 18.2 Å². The Morgan fingerprint density at radius 3 is 2.33 bits per heavy atom. The molecule has 0 radical (unpaired) electrons. The average molecular weight is 212 g/mol. The van der Waals surface area contributed by atoms with E-state index >= 15 is 0 Å². The van der Waals surface area contributed by atoms with Gasteiger partial charge in [0.2, 0.25) is 5.91 Å². The van der Waals surface area contributed by atoms with E-state index in [1.54, 1.807) is 0 Å². The fraction of sp³-hybridized carbons (Fsp3) is 0.300. The first-order valence-electron chi connectivity index (χ1n) is 4.61. The molecule has 1 saturated heterocycles. The van der Waals surface area contributed by atoms with E-state index in [9.17, 15) is 13.6 Å². The molecule has 1 aromatic rings. The molecule has 1 aliphatic heterocycles. The van der Waals surface area contributed by atoms with Gasteiger partial charge >= 0.3 is 0 Å². The summed E-state index contributed by atoms with van der Waals surface area (Å²) in [6.45, 7) is 0.406. The second-order valence-electron chi connectivity index (χ2n) is 3.51. The minimum Gasteiger partial charge on any atom is -0.320 e. The molecular weight excluding hydrogens is 202 g/mol. The van der Waals surface area contributed by atoms with Crippen molar-refractivity contribution in [3.8, 4) is 0 Å². The van der Waals surface area contributed by atoms with E-state index in [-0.39, 0.29) is 11.6 Å². The third-order valence-electron chi connectivity index (χ3n) is 2.41. The van der Waals surface area contributed by atoms with E-state index in [1.165, 1.54) is 4.90 Å². The van der Waals surface area contributed by atoms with Crippen molar-refractivity contribution >= 4 is 11.6 Å². The lowest BCUT2D eigenvalue weighted by Crippen LogP contribution is -2.34. The van der Waals surface area contributed by atoms with Gasteiger partial charge in [-0.25, -0.2) is 8.78 Å². The minimum absolute atomic E-state index is 0.227. The Morgan fingerprint density at radius 2 is 1.87 bits per heavy atom. The van der Waals surface area contributed by atoms with Gasteiger partial charge in [0.1, 0.15) is 11.6 Å². The number of amides is 1. The molecule has 1 atom stereocenters. The first-order chi connectivity index (χ1) is 7.08. The van der Waals surface area contributed by atoms with Crippen LogP contribution in [0.1, 0.15) is 6.42 Å². The molecule has 0 aromatic heterocycles. The van der Waals surface area contributed by atoms with E-state index in [4.69, 9.17) is 5.73 Å². The van der Waals surface area contributed by atoms with Crippen LogP contribution >= 0.6 is 0 Å². The van der Waals surface area contributed by atoms with Crippen LogP contribution in [-0.2, 0) is 4.79 Å². The Labute approximate surface area is 85.5 Å². The highest BCUT2D eigenvalue weighted by Gasteiger charge is 2.29. The van der Waals surface area contributed by atoms with Gasteiger partial charge < -0.3 is 10.6 Å². The van der Waals surface area contributed by atoms with Crippen molar-refractivity contribution in [1.29, 1.82) is 0 Å². The number of hydrogen-bond donors (Lipinski definition) is 1. The van der Waals surface area contributed by atoms with Crippen molar-refractivity contribution in [1.82, 2.24) is 0 Å². The van der Waals surface area contributed by atoms with Crippen LogP contribution in [0.4, 0.5) is 14.5 Å². The molecule has 2 rings (SSSR count). The van der Waals surface area contributed by atoms with Gasteiger partial charge in [0.05, 0.1) is 6.04 Å². The normalized spacial score (nSPS) is 21.1. The van der Waals surface area contributed by atoms with E-state index in [1.807, 2.05) is 0 Å². The summed E-state index contributed by atoms with van der Waals surface area (Å²) in [7, 11) is 0. The lowest BCUT2D eigenvalue weighted by atomic mass is 10.2. The number of anilines is 1. The summed E-state index contributed by atoms with van der Waals surface area (Å²) in [4.78, 5) is 12.8. The quantitative estimate of drug-likeness (QED) is 0.755. The van der Waals surface area contributed by atoms with Crippen molar-refractivity contribution in [2.24, 2.45) is 5.73 Å². The topological polar surface area (TPSA) is 46.3 Å². The van der Waals surface area contributed by atoms with Gasteiger partial charge in [-0.1, -0.05) is 0 Å². The fourth-order valence-corrected chi connectivity index (χ4v) is 1.65. The zero-order valence-electron chi connectivity index (χ0n) is 7.91. The largest absolute Gasteiger partial charge is 0.320 e. The molecule has 15 heavy (non-hydrogen) atoms. The lowest BCUT2D eigenvalue weighted by Gasteiger charge is -2.16. The van der Waals surface area contributed by atoms with Crippen LogP contribution in [0.2, 0.25) is 0 Å². The van der Waals surface area contributed by atoms with Crippen LogP contribution in [0, 0.1) is 11.6 Å². The molecule has 2 N–H and O–H groups in total. The van der Waals surface area contributed by atoms with Crippen LogP contribution < -0.4 is 10.6 Å². The van der Waals surface area contributed by atoms with Crippen LogP contribution in [0.5, 0.6) is 0 Å². The number of rotatable bonds is 1. The molecule has 0 spiro atoms. The number of nitrogens with zero attached hydrogens (tertiary/aromatic N) is 1. The predicted molar refractivity (Wildman–Crippen MR) is 51.3 cm³/mol. The van der Waals surface area contributed by atoms with Crippen molar-refractivity contribution in [3.63, 3.8) is 0 Å². The molecule has 1 amide bonds. The Hall–Kier alpha value is -1.49. The summed E-state index contributed by atoms with van der Waals surface area (Å²) in [5, 5.41) is 0. The van der Waals surface area contributed by atoms with E-state index in [0.717, 1.165) is 18.2 Å². The van der Waals surface area contributed by atoms with Gasteiger partial charge in [-0.2, -0.15) is 0 Å². The summed E-state index contributed by atoms with van der Waals surface area (Å²) in [5.41, 5.74) is 5.73. The zero-order valence-corrected chi connectivity index (χ0v) is 7.91. The number of hydrogen-bond acceptors (Lipinski definition) is 2. The zero-order chi connectivity index (χ0) is 11.0. The standard InChI is InChI=1S/C10H10F2N2O/c11-6-3-7(12)5-8(4-6)14-2-1-9(13)10(14)15/h3-5,9H,1-2,13H2. The van der Waals surface area contributed by atoms with E-state index < -0.39 is 17.7 Å². The molecule has 1 heterocycles. The molecule has 1 aliphatic rings. The van der Waals surface area contributed by atoms with Crippen molar-refractivity contribution in [3.05, 3.63) is 29.8 Å². The third-order valence-corrected chi connectivity index (χ3v) is 2.41. The average Bonchev–Trinajstić information content (AvgIpc) is 2.46. The predicted octanol–water partition coefficient (Wildman–Crippen LogP) is 1.03. The molecule has 0 saturated carbocycles. The summed E-state index contributed by atoms with van der Waals surface area (Å²) >= 11 is 0. The maximum absolute atomic E-state index is 12.9. The lowest BCUT2D eigenvalue weighted by molar-refractivity contribution is -0.118. The van der Waals surface area contributed by atoms with Gasteiger partial charge in [-0.3, -0.25) is 4.79 Å². The van der Waals surface area contributed by atoms with Gasteiger partial charge in [-0.15, -0.1) is 0 Å². The number of benzene rings is 1. The number of halogens is 2. The number of carbonyl (C=O) groups excluding carboxylic acids is 1. The molecule has 1 aromatic carbocycles. The highest BCUT2D eigenvalue weighted by Crippen LogP contribution is 2.22. The van der Waals surface area contributed by atoms with Gasteiger partial charge in [0.15, 0.2) is 0 Å². The summed E-state index contributed by atoms with van der Waals surface area (Å²) in [6.07, 6.45) is 0.511. The van der Waals surface area contributed by atoms with Crippen LogP contribution in [0.25, 0.3) is 0 Å². The van der Waals surface area contributed by atoms with Gasteiger partial charge in [0.25, 0.3) is 0 Å². The molecule has 1 unspecified atom stereocenters. The van der Waals surface area contributed by atoms with Gasteiger partial charge in [0, 0.05) is 18.3 Å². The smallest absolute Gasteiger partial charge is 0.243 e. The highest BCUT2D eigenvalue weighted by molar-refractivity contribution is 5.99. The first kappa shape index (κ1) is 10.0. The summed E-state index contributed by atoms with van der Waals surface area (Å²) in [6, 6.07) is 2.46. The molecule has 0 bridgehead atoms. The van der Waals surface area contributed by atoms with Crippen molar-refractivity contribution in [2.75, 3.05) is 11.4 Å². The Bertz CT molecular complexity index is 388. The Morgan fingerprint density at radius 1 is 1.27 bits per heavy atom. The molecule has 5 heteroatoms. The third kappa shape index (κ3) is 1.83. The SMILES string of the molecule is NC1CCN(c2cc(F)cc(F)c2)C1=O. The first-order valence-corrected chi connectivity index (χ1v) is 4.61. The van der Waals surface area contributed by atoms with Crippen molar-refractivity contribution in [2.45, 2.75) is 12.5 Å². The van der Waals surface area contributed by atoms with Crippen LogP contribution in [0.3, 0.4) is 0 Å². The maximum atomic E-state index is 12.9. The van der Waals surface area contributed by atoms with Gasteiger partial charge in [-0.05, 0) is 18.6 Å². The monoisotopic (exact) mass is 212 g/mol. The molecule has 80 valence electrons. The maximum Gasteiger partial charge on any atom is 0.243 e. The second-order valence-corrected chi connectivity index (χ2v) is 3.51. The Balaban J connectivity index is 2.34. The minimum atomic E-state index is -0.696. The number of nitrogens with two attached hydrogens (primary N) is 1. The van der Waals surface area contributed by atoms with Crippen LogP contribution in [-0.4, -0.2) is 18.5 Å². The summed E-state index contributed by atoms with van der Waals surface area (Å²) in [5.74, 6) is -1.68. The molecule has 1 fully saturated rings. The van der Waals surface area contributed by atoms with E-state index in [2.05, 4.69) is 0 Å². The molecular formula is C10H10F2N2O. The Kier molecular flexibility index (Phi) is 2.40. The molecule has 3 nitrogen and oxygen atoms in total.